The van der Waals surface area contributed by atoms with Crippen molar-refractivity contribution in [3.05, 3.63) is 59.5 Å². The smallest absolute Gasteiger partial charge is 0.243 e. The maximum Gasteiger partial charge on any atom is 0.243 e. The predicted octanol–water partition coefficient (Wildman–Crippen LogP) is 4.91. The van der Waals surface area contributed by atoms with E-state index in [0.29, 0.717) is 36.4 Å². The van der Waals surface area contributed by atoms with E-state index in [1.165, 1.54) is 9.87 Å². The van der Waals surface area contributed by atoms with Crippen LogP contribution in [0.25, 0.3) is 11.4 Å². The summed E-state index contributed by atoms with van der Waals surface area (Å²) in [5.41, 5.74) is 3.37. The number of piperidine rings is 1. The van der Waals surface area contributed by atoms with Crippen LogP contribution in [0.2, 0.25) is 0 Å². The van der Waals surface area contributed by atoms with Crippen molar-refractivity contribution in [3.8, 4) is 11.4 Å². The van der Waals surface area contributed by atoms with Crippen molar-refractivity contribution in [3.63, 3.8) is 0 Å². The molecule has 0 unspecified atom stereocenters. The maximum atomic E-state index is 13.0. The number of hydrogen-bond acceptors (Lipinski definition) is 6. The van der Waals surface area contributed by atoms with Gasteiger partial charge in [0.2, 0.25) is 27.6 Å². The summed E-state index contributed by atoms with van der Waals surface area (Å²) >= 11 is 0. The van der Waals surface area contributed by atoms with Gasteiger partial charge in [0.1, 0.15) is 0 Å². The molecule has 3 aromatic rings. The Hall–Kier alpha value is -3.04. The predicted molar refractivity (Wildman–Crippen MR) is 135 cm³/mol. The molecule has 0 saturated carbocycles. The van der Waals surface area contributed by atoms with Gasteiger partial charge in [0.25, 0.3) is 0 Å². The van der Waals surface area contributed by atoms with E-state index in [0.717, 1.165) is 30.4 Å². The molecule has 0 bridgehead atoms. The molecule has 35 heavy (non-hydrogen) atoms. The fourth-order valence-electron chi connectivity index (χ4n) is 4.07. The lowest BCUT2D eigenvalue weighted by molar-refractivity contribution is -0.116. The number of hydrogen-bond donors (Lipinski definition) is 1. The number of rotatable bonds is 8. The van der Waals surface area contributed by atoms with Gasteiger partial charge in [-0.3, -0.25) is 4.79 Å². The Morgan fingerprint density at radius 2 is 1.80 bits per heavy atom. The molecule has 8 nitrogen and oxygen atoms in total. The van der Waals surface area contributed by atoms with Crippen molar-refractivity contribution < 1.29 is 17.7 Å². The zero-order valence-corrected chi connectivity index (χ0v) is 21.3. The molecule has 186 valence electrons. The number of carbonyl (C=O) groups is 1. The van der Waals surface area contributed by atoms with Gasteiger partial charge >= 0.3 is 0 Å². The Balaban J connectivity index is 1.38. The van der Waals surface area contributed by atoms with E-state index in [1.54, 1.807) is 18.2 Å². The molecule has 1 aromatic heterocycles. The zero-order valence-electron chi connectivity index (χ0n) is 20.5. The summed E-state index contributed by atoms with van der Waals surface area (Å²) in [6.07, 6.45) is 3.21. The van der Waals surface area contributed by atoms with E-state index in [-0.39, 0.29) is 23.6 Å². The number of nitrogens with one attached hydrogen (secondary N) is 1. The first-order valence-electron chi connectivity index (χ1n) is 12.1. The molecular formula is C26H32N4O4S. The Bertz CT molecular complexity index is 1280. The van der Waals surface area contributed by atoms with Crippen LogP contribution in [-0.2, 0) is 21.2 Å². The third-order valence-electron chi connectivity index (χ3n) is 6.31. The molecule has 1 N–H and O–H groups in total. The highest BCUT2D eigenvalue weighted by Gasteiger charge is 2.26. The molecule has 9 heteroatoms. The summed E-state index contributed by atoms with van der Waals surface area (Å²) in [6.45, 7) is 7.18. The van der Waals surface area contributed by atoms with Crippen LogP contribution in [0.15, 0.2) is 51.9 Å². The lowest BCUT2D eigenvalue weighted by Gasteiger charge is -2.26. The lowest BCUT2D eigenvalue weighted by Crippen LogP contribution is -2.35. The fraction of sp³-hybridized carbons (Fsp3) is 0.423. The Kier molecular flexibility index (Phi) is 7.66. The number of anilines is 1. The third-order valence-corrected chi connectivity index (χ3v) is 8.20. The molecule has 4 rings (SSSR count). The standard InChI is InChI=1S/C26H32N4O4S/c1-18(2)20-8-10-21(11-9-20)26-28-25(34-29-26)14-13-24(31)27-23-17-22(12-7-19(23)3)35(32,33)30-15-5-4-6-16-30/h7-12,17-18H,4-6,13-16H2,1-3H3,(H,27,31). The van der Waals surface area contributed by atoms with E-state index >= 15 is 0 Å². The number of benzene rings is 2. The first-order chi connectivity index (χ1) is 16.7. The Labute approximate surface area is 206 Å². The van der Waals surface area contributed by atoms with Crippen LogP contribution in [0.4, 0.5) is 5.69 Å². The molecule has 1 fully saturated rings. The van der Waals surface area contributed by atoms with Gasteiger partial charge in [-0.1, -0.05) is 55.8 Å². The summed E-state index contributed by atoms with van der Waals surface area (Å²) < 4.78 is 32.9. The van der Waals surface area contributed by atoms with Gasteiger partial charge in [-0.2, -0.15) is 9.29 Å². The molecule has 1 amide bonds. The van der Waals surface area contributed by atoms with Crippen LogP contribution in [0.3, 0.4) is 0 Å². The minimum Gasteiger partial charge on any atom is -0.339 e. The number of carbonyl (C=O) groups excluding carboxylic acids is 1. The van der Waals surface area contributed by atoms with Crippen LogP contribution in [0, 0.1) is 6.92 Å². The molecule has 1 saturated heterocycles. The fourth-order valence-corrected chi connectivity index (χ4v) is 5.62. The Morgan fingerprint density at radius 1 is 1.09 bits per heavy atom. The average Bonchev–Trinajstić information content (AvgIpc) is 3.34. The van der Waals surface area contributed by atoms with E-state index in [2.05, 4.69) is 29.3 Å². The van der Waals surface area contributed by atoms with Crippen molar-refractivity contribution in [1.82, 2.24) is 14.4 Å². The van der Waals surface area contributed by atoms with Gasteiger partial charge in [-0.25, -0.2) is 8.42 Å². The molecule has 0 spiro atoms. The monoisotopic (exact) mass is 496 g/mol. The molecule has 0 atom stereocenters. The second-order valence-corrected chi connectivity index (χ2v) is 11.2. The van der Waals surface area contributed by atoms with Gasteiger partial charge in [-0.05, 0) is 48.9 Å². The summed E-state index contributed by atoms with van der Waals surface area (Å²) in [4.78, 5) is 17.2. The largest absolute Gasteiger partial charge is 0.339 e. The first kappa shape index (κ1) is 25.1. The SMILES string of the molecule is Cc1ccc(S(=O)(=O)N2CCCCC2)cc1NC(=O)CCc1nc(-c2ccc(C(C)C)cc2)no1. The van der Waals surface area contributed by atoms with Crippen LogP contribution in [0.5, 0.6) is 0 Å². The highest BCUT2D eigenvalue weighted by Crippen LogP contribution is 2.26. The van der Waals surface area contributed by atoms with Gasteiger partial charge < -0.3 is 9.84 Å². The third kappa shape index (κ3) is 5.97. The van der Waals surface area contributed by atoms with Crippen LogP contribution in [0.1, 0.15) is 62.5 Å². The van der Waals surface area contributed by atoms with Crippen molar-refractivity contribution in [2.24, 2.45) is 0 Å². The van der Waals surface area contributed by atoms with Crippen molar-refractivity contribution in [1.29, 1.82) is 0 Å². The van der Waals surface area contributed by atoms with E-state index in [9.17, 15) is 13.2 Å². The molecule has 0 aliphatic carbocycles. The molecule has 2 aromatic carbocycles. The summed E-state index contributed by atoms with van der Waals surface area (Å²) in [6, 6.07) is 12.9. The highest BCUT2D eigenvalue weighted by molar-refractivity contribution is 7.89. The zero-order chi connectivity index (χ0) is 25.0. The molecule has 0 radical (unpaired) electrons. The summed E-state index contributed by atoms with van der Waals surface area (Å²) in [7, 11) is -3.57. The minimum atomic E-state index is -3.57. The minimum absolute atomic E-state index is 0.135. The van der Waals surface area contributed by atoms with E-state index in [1.807, 2.05) is 31.2 Å². The van der Waals surface area contributed by atoms with Crippen molar-refractivity contribution in [2.45, 2.75) is 63.7 Å². The van der Waals surface area contributed by atoms with Crippen LogP contribution < -0.4 is 5.32 Å². The van der Waals surface area contributed by atoms with Gasteiger partial charge in [0, 0.05) is 37.2 Å². The second kappa shape index (κ2) is 10.7. The van der Waals surface area contributed by atoms with Crippen LogP contribution in [-0.4, -0.2) is 41.9 Å². The van der Waals surface area contributed by atoms with E-state index in [4.69, 9.17) is 4.52 Å². The van der Waals surface area contributed by atoms with Crippen molar-refractivity contribution >= 4 is 21.6 Å². The number of aryl methyl sites for hydroxylation is 2. The van der Waals surface area contributed by atoms with Gasteiger partial charge in [0.05, 0.1) is 4.90 Å². The molecular weight excluding hydrogens is 464 g/mol. The summed E-state index contributed by atoms with van der Waals surface area (Å²) in [5, 5.41) is 6.87. The molecule has 1 aliphatic rings. The van der Waals surface area contributed by atoms with Crippen molar-refractivity contribution in [2.75, 3.05) is 18.4 Å². The molecule has 1 aliphatic heterocycles. The topological polar surface area (TPSA) is 105 Å². The average molecular weight is 497 g/mol. The second-order valence-electron chi connectivity index (χ2n) is 9.28. The number of sulfonamides is 1. The number of nitrogens with zero attached hydrogens (tertiary/aromatic N) is 3. The number of amides is 1. The normalized spacial score (nSPS) is 14.9. The highest BCUT2D eigenvalue weighted by atomic mass is 32.2. The first-order valence-corrected chi connectivity index (χ1v) is 13.5. The van der Waals surface area contributed by atoms with Crippen LogP contribution >= 0.6 is 0 Å². The quantitative estimate of drug-likeness (QED) is 0.475. The summed E-state index contributed by atoms with van der Waals surface area (Å²) in [5.74, 6) is 1.06. The molecule has 2 heterocycles. The maximum absolute atomic E-state index is 13.0. The Morgan fingerprint density at radius 3 is 2.49 bits per heavy atom. The lowest BCUT2D eigenvalue weighted by atomic mass is 10.0. The van der Waals surface area contributed by atoms with Gasteiger partial charge in [0.15, 0.2) is 0 Å². The van der Waals surface area contributed by atoms with E-state index < -0.39 is 10.0 Å². The number of aromatic nitrogens is 2. The van der Waals surface area contributed by atoms with Gasteiger partial charge in [-0.15, -0.1) is 0 Å².